The highest BCUT2D eigenvalue weighted by atomic mass is 16.2. The van der Waals surface area contributed by atoms with E-state index >= 15 is 0 Å². The number of benzene rings is 1. The molecule has 0 radical (unpaired) electrons. The minimum Gasteiger partial charge on any atom is -0.351 e. The van der Waals surface area contributed by atoms with Crippen molar-refractivity contribution in [3.05, 3.63) is 41.7 Å². The van der Waals surface area contributed by atoms with Crippen molar-refractivity contribution >= 4 is 5.91 Å². The fourth-order valence-corrected chi connectivity index (χ4v) is 3.77. The van der Waals surface area contributed by atoms with E-state index in [-0.39, 0.29) is 18.0 Å². The number of likely N-dealkylation sites (tertiary alicyclic amines) is 1. The van der Waals surface area contributed by atoms with Crippen molar-refractivity contribution in [2.75, 3.05) is 13.1 Å². The van der Waals surface area contributed by atoms with Crippen LogP contribution in [0.25, 0.3) is 0 Å². The fourth-order valence-electron chi connectivity index (χ4n) is 3.77. The van der Waals surface area contributed by atoms with E-state index in [1.807, 2.05) is 0 Å². The van der Waals surface area contributed by atoms with Crippen molar-refractivity contribution in [2.24, 2.45) is 5.92 Å². The molecule has 0 bridgehead atoms. The molecule has 0 saturated carbocycles. The average Bonchev–Trinajstić information content (AvgIpc) is 3.35. The molecule has 1 aliphatic heterocycles. The van der Waals surface area contributed by atoms with Crippen LogP contribution in [0.15, 0.2) is 30.6 Å². The van der Waals surface area contributed by atoms with Crippen LogP contribution in [0.5, 0.6) is 0 Å². The highest BCUT2D eigenvalue weighted by Crippen LogP contribution is 2.28. The first-order valence-electron chi connectivity index (χ1n) is 9.90. The minimum absolute atomic E-state index is 0.0945. The third kappa shape index (κ3) is 4.91. The Labute approximate surface area is 161 Å². The van der Waals surface area contributed by atoms with E-state index in [0.29, 0.717) is 12.5 Å². The molecule has 0 unspecified atom stereocenters. The van der Waals surface area contributed by atoms with Crippen molar-refractivity contribution in [3.63, 3.8) is 0 Å². The number of nitrogens with one attached hydrogen (secondary N) is 1. The third-order valence-corrected chi connectivity index (χ3v) is 5.66. The van der Waals surface area contributed by atoms with Crippen LogP contribution in [-0.2, 0) is 11.3 Å². The number of nitrogens with zero attached hydrogens (tertiary/aromatic N) is 5. The summed E-state index contributed by atoms with van der Waals surface area (Å²) in [6.45, 7) is 8.81. The third-order valence-electron chi connectivity index (χ3n) is 5.66. The summed E-state index contributed by atoms with van der Waals surface area (Å²) in [6, 6.07) is 8.29. The van der Waals surface area contributed by atoms with Gasteiger partial charge in [-0.1, -0.05) is 56.5 Å². The molecule has 1 saturated heterocycles. The lowest BCUT2D eigenvalue weighted by molar-refractivity contribution is -0.125. The molecule has 2 aromatic rings. The molecular weight excluding hydrogens is 340 g/mol. The van der Waals surface area contributed by atoms with Crippen LogP contribution in [0.3, 0.4) is 0 Å². The van der Waals surface area contributed by atoms with Gasteiger partial charge in [-0.05, 0) is 35.3 Å². The maximum absolute atomic E-state index is 13.0. The summed E-state index contributed by atoms with van der Waals surface area (Å²) in [4.78, 5) is 15.3. The van der Waals surface area contributed by atoms with Crippen LogP contribution in [0.1, 0.15) is 50.3 Å². The van der Waals surface area contributed by atoms with E-state index < -0.39 is 0 Å². The van der Waals surface area contributed by atoms with E-state index in [4.69, 9.17) is 0 Å². The second-order valence-electron chi connectivity index (χ2n) is 7.53. The van der Waals surface area contributed by atoms with Gasteiger partial charge >= 0.3 is 0 Å². The number of rotatable bonds is 8. The molecule has 27 heavy (non-hydrogen) atoms. The van der Waals surface area contributed by atoms with E-state index in [2.05, 4.69) is 70.8 Å². The van der Waals surface area contributed by atoms with Gasteiger partial charge in [0.25, 0.3) is 0 Å². The van der Waals surface area contributed by atoms with Gasteiger partial charge in [-0.15, -0.1) is 5.10 Å². The van der Waals surface area contributed by atoms with Gasteiger partial charge in [0.2, 0.25) is 5.91 Å². The zero-order valence-corrected chi connectivity index (χ0v) is 16.5. The molecular formula is C20H30N6O. The van der Waals surface area contributed by atoms with Crippen molar-refractivity contribution in [2.45, 2.75) is 58.7 Å². The molecule has 1 amide bonds. The molecule has 1 aromatic heterocycles. The van der Waals surface area contributed by atoms with E-state index in [1.165, 1.54) is 5.56 Å². The van der Waals surface area contributed by atoms with E-state index in [9.17, 15) is 4.79 Å². The van der Waals surface area contributed by atoms with Crippen LogP contribution in [0, 0.1) is 12.8 Å². The summed E-state index contributed by atoms with van der Waals surface area (Å²) in [5.41, 5.74) is 2.34. The number of hydrogen-bond donors (Lipinski definition) is 1. The monoisotopic (exact) mass is 370 g/mol. The normalized spacial score (nSPS) is 20.3. The molecule has 7 nitrogen and oxygen atoms in total. The van der Waals surface area contributed by atoms with Gasteiger partial charge in [-0.2, -0.15) is 0 Å². The Morgan fingerprint density at radius 1 is 1.26 bits per heavy atom. The maximum atomic E-state index is 13.0. The van der Waals surface area contributed by atoms with Gasteiger partial charge < -0.3 is 5.32 Å². The second kappa shape index (κ2) is 9.08. The topological polar surface area (TPSA) is 75.9 Å². The summed E-state index contributed by atoms with van der Waals surface area (Å²) in [5, 5.41) is 14.7. The first-order chi connectivity index (χ1) is 13.1. The molecule has 0 aliphatic carbocycles. The number of carbonyl (C=O) groups excluding carboxylic acids is 1. The van der Waals surface area contributed by atoms with Crippen molar-refractivity contribution in [1.29, 1.82) is 0 Å². The smallest absolute Gasteiger partial charge is 0.237 e. The standard InChI is InChI=1S/C20H30N6O/c1-4-16(5-2)12-25-13-18(26-14-22-23-24-26)10-19(25)20(27)21-11-17-8-6-15(3)7-9-17/h6-9,14,16,18-19H,4-5,10-13H2,1-3H3,(H,21,27)/t18-,19-/m0/s1. The van der Waals surface area contributed by atoms with Crippen LogP contribution in [0.4, 0.5) is 0 Å². The molecule has 1 aliphatic rings. The van der Waals surface area contributed by atoms with Gasteiger partial charge in [-0.3, -0.25) is 9.69 Å². The Hall–Kier alpha value is -2.28. The van der Waals surface area contributed by atoms with Crippen molar-refractivity contribution in [1.82, 2.24) is 30.4 Å². The molecule has 1 aromatic carbocycles. The molecule has 1 N–H and O–H groups in total. The van der Waals surface area contributed by atoms with Gasteiger partial charge in [0, 0.05) is 19.6 Å². The minimum atomic E-state index is -0.134. The van der Waals surface area contributed by atoms with Crippen LogP contribution < -0.4 is 5.32 Å². The Bertz CT molecular complexity index is 711. The highest BCUT2D eigenvalue weighted by Gasteiger charge is 2.38. The van der Waals surface area contributed by atoms with Crippen LogP contribution >= 0.6 is 0 Å². The van der Waals surface area contributed by atoms with Crippen molar-refractivity contribution in [3.8, 4) is 0 Å². The zero-order valence-electron chi connectivity index (χ0n) is 16.5. The Morgan fingerprint density at radius 3 is 2.63 bits per heavy atom. The SMILES string of the molecule is CCC(CC)CN1C[C@@H](n2cnnn2)C[C@H]1C(=O)NCc1ccc(C)cc1. The molecule has 1 fully saturated rings. The quantitative estimate of drug-likeness (QED) is 0.772. The lowest BCUT2D eigenvalue weighted by atomic mass is 10.0. The van der Waals surface area contributed by atoms with Crippen molar-refractivity contribution < 1.29 is 4.79 Å². The molecule has 146 valence electrons. The second-order valence-corrected chi connectivity index (χ2v) is 7.53. The Morgan fingerprint density at radius 2 is 2.00 bits per heavy atom. The Kier molecular flexibility index (Phi) is 6.55. The number of aromatic nitrogens is 4. The maximum Gasteiger partial charge on any atom is 0.237 e. The van der Waals surface area contributed by atoms with Gasteiger partial charge in [0.15, 0.2) is 0 Å². The summed E-state index contributed by atoms with van der Waals surface area (Å²) in [6.07, 6.45) is 4.64. The predicted molar refractivity (Wildman–Crippen MR) is 104 cm³/mol. The summed E-state index contributed by atoms with van der Waals surface area (Å²) >= 11 is 0. The molecule has 2 heterocycles. The summed E-state index contributed by atoms with van der Waals surface area (Å²) < 4.78 is 1.78. The largest absolute Gasteiger partial charge is 0.351 e. The van der Waals surface area contributed by atoms with Crippen LogP contribution in [0.2, 0.25) is 0 Å². The number of hydrogen-bond acceptors (Lipinski definition) is 5. The van der Waals surface area contributed by atoms with Gasteiger partial charge in [0.05, 0.1) is 12.1 Å². The van der Waals surface area contributed by atoms with E-state index in [1.54, 1.807) is 11.0 Å². The zero-order chi connectivity index (χ0) is 19.2. The van der Waals surface area contributed by atoms with Gasteiger partial charge in [0.1, 0.15) is 6.33 Å². The van der Waals surface area contributed by atoms with Gasteiger partial charge in [-0.25, -0.2) is 4.68 Å². The van der Waals surface area contributed by atoms with E-state index in [0.717, 1.165) is 37.9 Å². The molecule has 7 heteroatoms. The van der Waals surface area contributed by atoms with Crippen LogP contribution in [-0.4, -0.2) is 50.1 Å². The highest BCUT2D eigenvalue weighted by molar-refractivity contribution is 5.82. The first kappa shape index (κ1) is 19.5. The lowest BCUT2D eigenvalue weighted by Gasteiger charge is -2.27. The summed E-state index contributed by atoms with van der Waals surface area (Å²) in [5.74, 6) is 0.696. The Balaban J connectivity index is 1.66. The fraction of sp³-hybridized carbons (Fsp3) is 0.600. The molecule has 0 spiro atoms. The average molecular weight is 371 g/mol. The molecule has 2 atom stereocenters. The number of amides is 1. The number of aryl methyl sites for hydroxylation is 1. The lowest BCUT2D eigenvalue weighted by Crippen LogP contribution is -2.44. The first-order valence-corrected chi connectivity index (χ1v) is 9.90. The molecule has 3 rings (SSSR count). The summed E-state index contributed by atoms with van der Waals surface area (Å²) in [7, 11) is 0. The number of carbonyl (C=O) groups is 1. The predicted octanol–water partition coefficient (Wildman–Crippen LogP) is 2.35. The number of tetrazole rings is 1.